The largest absolute Gasteiger partial charge is 0.464 e. The van der Waals surface area contributed by atoms with Gasteiger partial charge < -0.3 is 4.74 Å². The molecule has 4 bridgehead atoms. The Morgan fingerprint density at radius 3 is 2.39 bits per heavy atom. The highest BCUT2D eigenvalue weighted by Gasteiger charge is 2.62. The number of carbonyl (C=O) groups is 1. The smallest absolute Gasteiger partial charge is 0.312 e. The molecule has 6 heteroatoms. The van der Waals surface area contributed by atoms with Gasteiger partial charge in [-0.3, -0.25) is 9.35 Å². The zero-order valence-corrected chi connectivity index (χ0v) is 11.0. The summed E-state index contributed by atoms with van der Waals surface area (Å²) in [7, 11) is -4.05. The molecule has 0 radical (unpaired) electrons. The van der Waals surface area contributed by atoms with E-state index in [2.05, 4.69) is 0 Å². The Morgan fingerprint density at radius 2 is 1.83 bits per heavy atom. The summed E-state index contributed by atoms with van der Waals surface area (Å²) < 4.78 is 34.9. The van der Waals surface area contributed by atoms with E-state index < -0.39 is 15.9 Å². The number of ether oxygens (including phenoxy) is 1. The van der Waals surface area contributed by atoms with Gasteiger partial charge in [0.05, 0.1) is 5.41 Å². The molecule has 18 heavy (non-hydrogen) atoms. The van der Waals surface area contributed by atoms with Crippen LogP contribution in [-0.2, 0) is 19.6 Å². The predicted molar refractivity (Wildman–Crippen MR) is 63.4 cm³/mol. The Bertz CT molecular complexity index is 455. The van der Waals surface area contributed by atoms with Crippen LogP contribution in [0.3, 0.4) is 0 Å². The van der Waals surface area contributed by atoms with Crippen LogP contribution in [-0.4, -0.2) is 31.3 Å². The average Bonchev–Trinajstić information content (AvgIpc) is 2.63. The van der Waals surface area contributed by atoms with Crippen LogP contribution in [0.25, 0.3) is 0 Å². The normalized spacial score (nSPS) is 41.3. The standard InChI is InChI=1S/C12H18O5S/c13-11(17-1-2-18(14,15)16)12-6-8-3-9(7-12)5-10(12)4-8/h8-10H,1-7H2,(H,14,15,16). The van der Waals surface area contributed by atoms with Crippen LogP contribution in [0.4, 0.5) is 0 Å². The number of carbonyl (C=O) groups excluding carboxylic acids is 1. The third-order valence-electron chi connectivity index (χ3n) is 4.97. The van der Waals surface area contributed by atoms with Gasteiger partial charge in [-0.05, 0) is 49.9 Å². The molecule has 0 amide bonds. The van der Waals surface area contributed by atoms with Crippen LogP contribution in [0.5, 0.6) is 0 Å². The van der Waals surface area contributed by atoms with Gasteiger partial charge in [-0.2, -0.15) is 8.42 Å². The number of esters is 1. The van der Waals surface area contributed by atoms with Gasteiger partial charge in [-0.15, -0.1) is 0 Å². The molecule has 4 rings (SSSR count). The first-order chi connectivity index (χ1) is 8.39. The zero-order chi connectivity index (χ0) is 13.0. The summed E-state index contributed by atoms with van der Waals surface area (Å²) in [4.78, 5) is 12.2. The molecule has 5 nitrogen and oxygen atoms in total. The van der Waals surface area contributed by atoms with Crippen molar-refractivity contribution in [2.75, 3.05) is 12.4 Å². The van der Waals surface area contributed by atoms with E-state index in [4.69, 9.17) is 9.29 Å². The quantitative estimate of drug-likeness (QED) is 0.616. The van der Waals surface area contributed by atoms with Crippen molar-refractivity contribution in [3.05, 3.63) is 0 Å². The van der Waals surface area contributed by atoms with Gasteiger partial charge in [0.15, 0.2) is 0 Å². The van der Waals surface area contributed by atoms with E-state index in [1.54, 1.807) is 0 Å². The second-order valence-corrected chi connectivity index (χ2v) is 7.69. The van der Waals surface area contributed by atoms with E-state index >= 15 is 0 Å². The van der Waals surface area contributed by atoms with E-state index in [0.29, 0.717) is 17.8 Å². The molecule has 0 aliphatic heterocycles. The second kappa shape index (κ2) is 3.93. The van der Waals surface area contributed by atoms with E-state index in [9.17, 15) is 13.2 Å². The third-order valence-corrected chi connectivity index (χ3v) is 5.65. The SMILES string of the molecule is O=C(OCCS(=O)(=O)O)C12CC3CC(CC1C3)C2. The molecule has 0 aromatic carbocycles. The molecule has 4 aliphatic carbocycles. The zero-order valence-electron chi connectivity index (χ0n) is 10.2. The molecule has 4 aliphatic rings. The van der Waals surface area contributed by atoms with Crippen LogP contribution in [0.2, 0.25) is 0 Å². The van der Waals surface area contributed by atoms with Crippen molar-refractivity contribution in [1.29, 1.82) is 0 Å². The average molecular weight is 274 g/mol. The minimum absolute atomic E-state index is 0.235. The summed E-state index contributed by atoms with van der Waals surface area (Å²) in [6, 6.07) is 0. The summed E-state index contributed by atoms with van der Waals surface area (Å²) in [5.41, 5.74) is -0.327. The second-order valence-electron chi connectivity index (χ2n) is 6.12. The molecule has 2 atom stereocenters. The molecule has 4 saturated carbocycles. The fourth-order valence-electron chi connectivity index (χ4n) is 4.51. The van der Waals surface area contributed by atoms with E-state index in [0.717, 1.165) is 25.7 Å². The van der Waals surface area contributed by atoms with Gasteiger partial charge in [0.25, 0.3) is 10.1 Å². The van der Waals surface area contributed by atoms with E-state index in [1.165, 1.54) is 6.42 Å². The molecule has 0 heterocycles. The predicted octanol–water partition coefficient (Wildman–Crippen LogP) is 1.24. The minimum Gasteiger partial charge on any atom is -0.464 e. The van der Waals surface area contributed by atoms with Crippen LogP contribution >= 0.6 is 0 Å². The maximum atomic E-state index is 12.2. The minimum atomic E-state index is -4.05. The molecular formula is C12H18O5S. The van der Waals surface area contributed by atoms with Crippen molar-refractivity contribution in [3.8, 4) is 0 Å². The van der Waals surface area contributed by atoms with Crippen molar-refractivity contribution >= 4 is 16.1 Å². The highest BCUT2D eigenvalue weighted by Crippen LogP contribution is 2.65. The van der Waals surface area contributed by atoms with E-state index in [-0.39, 0.29) is 18.0 Å². The third kappa shape index (κ3) is 1.95. The first kappa shape index (κ1) is 12.4. The van der Waals surface area contributed by atoms with Crippen molar-refractivity contribution in [3.63, 3.8) is 0 Å². The maximum Gasteiger partial charge on any atom is 0.312 e. The van der Waals surface area contributed by atoms with Crippen molar-refractivity contribution in [2.45, 2.75) is 32.1 Å². The summed E-state index contributed by atoms with van der Waals surface area (Å²) in [5, 5.41) is 0. The van der Waals surface area contributed by atoms with Gasteiger partial charge in [-0.25, -0.2) is 0 Å². The van der Waals surface area contributed by atoms with Crippen LogP contribution in [0, 0.1) is 23.2 Å². The lowest BCUT2D eigenvalue weighted by Gasteiger charge is -2.30. The van der Waals surface area contributed by atoms with Crippen molar-refractivity contribution in [1.82, 2.24) is 0 Å². The van der Waals surface area contributed by atoms with Crippen LogP contribution < -0.4 is 0 Å². The topological polar surface area (TPSA) is 80.7 Å². The fourth-order valence-corrected chi connectivity index (χ4v) is 4.81. The van der Waals surface area contributed by atoms with Crippen LogP contribution in [0.15, 0.2) is 0 Å². The lowest BCUT2D eigenvalue weighted by Crippen LogP contribution is -2.35. The summed E-state index contributed by atoms with van der Waals surface area (Å²) in [6.07, 6.45) is 5.34. The van der Waals surface area contributed by atoms with Crippen molar-refractivity contribution in [2.24, 2.45) is 23.2 Å². The highest BCUT2D eigenvalue weighted by molar-refractivity contribution is 7.85. The first-order valence-electron chi connectivity index (χ1n) is 6.51. The fraction of sp³-hybridized carbons (Fsp3) is 0.917. The van der Waals surface area contributed by atoms with Gasteiger partial charge >= 0.3 is 5.97 Å². The summed E-state index contributed by atoms with van der Waals surface area (Å²) in [5.74, 6) is 1.03. The monoisotopic (exact) mass is 274 g/mol. The summed E-state index contributed by atoms with van der Waals surface area (Å²) in [6.45, 7) is -0.235. The Morgan fingerprint density at radius 1 is 1.22 bits per heavy atom. The molecule has 2 unspecified atom stereocenters. The molecule has 4 fully saturated rings. The molecule has 0 spiro atoms. The maximum absolute atomic E-state index is 12.2. The molecule has 0 aromatic heterocycles. The number of hydrogen-bond donors (Lipinski definition) is 1. The first-order valence-corrected chi connectivity index (χ1v) is 8.12. The van der Waals surface area contributed by atoms with Gasteiger partial charge in [-0.1, -0.05) is 0 Å². The Kier molecular flexibility index (Phi) is 2.71. The summed E-state index contributed by atoms with van der Waals surface area (Å²) >= 11 is 0. The molecule has 0 aromatic rings. The number of hydrogen-bond acceptors (Lipinski definition) is 4. The molecule has 102 valence electrons. The van der Waals surface area contributed by atoms with Gasteiger partial charge in [0.1, 0.15) is 12.4 Å². The number of rotatable bonds is 4. The molecule has 0 saturated heterocycles. The highest BCUT2D eigenvalue weighted by atomic mass is 32.2. The van der Waals surface area contributed by atoms with E-state index in [1.807, 2.05) is 0 Å². The Balaban J connectivity index is 1.63. The Labute approximate surface area is 107 Å². The molecule has 1 N–H and O–H groups in total. The molecular weight excluding hydrogens is 256 g/mol. The lowest BCUT2D eigenvalue weighted by atomic mass is 9.75. The van der Waals surface area contributed by atoms with Crippen LogP contribution in [0.1, 0.15) is 32.1 Å². The van der Waals surface area contributed by atoms with Crippen molar-refractivity contribution < 1.29 is 22.5 Å². The van der Waals surface area contributed by atoms with Gasteiger partial charge in [0.2, 0.25) is 0 Å². The lowest BCUT2D eigenvalue weighted by molar-refractivity contribution is -0.157. The van der Waals surface area contributed by atoms with Gasteiger partial charge in [0, 0.05) is 0 Å². The Hall–Kier alpha value is -0.620.